The molecule has 1 heterocycles. The number of rotatable bonds is 4. The maximum absolute atomic E-state index is 12.2. The van der Waals surface area contributed by atoms with E-state index in [1.165, 1.54) is 12.1 Å². The predicted molar refractivity (Wildman–Crippen MR) is 88.3 cm³/mol. The molecule has 1 aliphatic heterocycles. The van der Waals surface area contributed by atoms with Gasteiger partial charge in [0, 0.05) is 30.0 Å². The zero-order chi connectivity index (χ0) is 18.7. The van der Waals surface area contributed by atoms with Crippen molar-refractivity contribution in [1.29, 1.82) is 0 Å². The summed E-state index contributed by atoms with van der Waals surface area (Å²) in [5.41, 5.74) is 1.38. The first-order valence-electron chi connectivity index (χ1n) is 7.64. The summed E-state index contributed by atoms with van der Waals surface area (Å²) in [5, 5.41) is 5.33. The summed E-state index contributed by atoms with van der Waals surface area (Å²) in [6, 6.07) is 11.1. The van der Waals surface area contributed by atoms with Crippen LogP contribution in [0.3, 0.4) is 0 Å². The molecule has 0 atom stereocenters. The Morgan fingerprint density at radius 3 is 2.27 bits per heavy atom. The first-order valence-corrected chi connectivity index (χ1v) is 7.64. The van der Waals surface area contributed by atoms with E-state index in [-0.39, 0.29) is 11.6 Å². The van der Waals surface area contributed by atoms with Gasteiger partial charge in [-0.2, -0.15) is 0 Å². The molecule has 3 amide bonds. The van der Waals surface area contributed by atoms with Gasteiger partial charge < -0.3 is 15.4 Å². The Hall–Kier alpha value is -3.23. The molecule has 2 N–H and O–H groups in total. The van der Waals surface area contributed by atoms with Crippen molar-refractivity contribution >= 4 is 23.3 Å². The molecule has 0 aromatic heterocycles. The number of nitrogens with zero attached hydrogens (tertiary/aromatic N) is 1. The van der Waals surface area contributed by atoms with E-state index in [9.17, 15) is 22.8 Å². The lowest BCUT2D eigenvalue weighted by Crippen LogP contribution is -2.27. The highest BCUT2D eigenvalue weighted by molar-refractivity contribution is 6.04. The van der Waals surface area contributed by atoms with E-state index < -0.39 is 18.0 Å². The smallest absolute Gasteiger partial charge is 0.406 e. The summed E-state index contributed by atoms with van der Waals surface area (Å²) in [4.78, 5) is 25.3. The van der Waals surface area contributed by atoms with E-state index in [0.717, 1.165) is 12.1 Å². The molecular weight excluding hydrogens is 351 g/mol. The van der Waals surface area contributed by atoms with Crippen LogP contribution in [-0.4, -0.2) is 31.4 Å². The van der Waals surface area contributed by atoms with Crippen LogP contribution in [0.4, 0.5) is 29.3 Å². The van der Waals surface area contributed by atoms with E-state index in [2.05, 4.69) is 15.4 Å². The molecule has 0 spiro atoms. The minimum Gasteiger partial charge on any atom is -0.406 e. The van der Waals surface area contributed by atoms with Crippen LogP contribution in [0.5, 0.6) is 5.75 Å². The van der Waals surface area contributed by atoms with Gasteiger partial charge in [-0.3, -0.25) is 9.69 Å². The first-order chi connectivity index (χ1) is 12.3. The SMILES string of the molecule is O=C(Nc1ccc(N2CCNC2=O)cc1)c1ccc(OC(F)(F)F)cc1. The maximum Gasteiger partial charge on any atom is 0.573 e. The van der Waals surface area contributed by atoms with Gasteiger partial charge >= 0.3 is 12.4 Å². The van der Waals surface area contributed by atoms with Crippen LogP contribution in [0.2, 0.25) is 0 Å². The van der Waals surface area contributed by atoms with Crippen molar-refractivity contribution in [3.05, 3.63) is 54.1 Å². The van der Waals surface area contributed by atoms with Gasteiger partial charge in [0.25, 0.3) is 5.91 Å². The summed E-state index contributed by atoms with van der Waals surface area (Å²) in [7, 11) is 0. The number of amides is 3. The molecule has 1 aliphatic rings. The van der Waals surface area contributed by atoms with Crippen molar-refractivity contribution in [2.24, 2.45) is 0 Å². The minimum absolute atomic E-state index is 0.178. The number of anilines is 2. The lowest BCUT2D eigenvalue weighted by Gasteiger charge is -2.14. The zero-order valence-corrected chi connectivity index (χ0v) is 13.3. The average Bonchev–Trinajstić information content (AvgIpc) is 3.01. The summed E-state index contributed by atoms with van der Waals surface area (Å²) in [6.45, 7) is 1.14. The Labute approximate surface area is 146 Å². The molecule has 9 heteroatoms. The van der Waals surface area contributed by atoms with Gasteiger partial charge in [-0.25, -0.2) is 4.79 Å². The van der Waals surface area contributed by atoms with Crippen LogP contribution in [0.15, 0.2) is 48.5 Å². The average molecular weight is 365 g/mol. The molecular formula is C17H14F3N3O3. The molecule has 2 aromatic rings. The maximum atomic E-state index is 12.2. The van der Waals surface area contributed by atoms with Crippen LogP contribution in [0.25, 0.3) is 0 Å². The van der Waals surface area contributed by atoms with Gasteiger partial charge in [-0.1, -0.05) is 0 Å². The van der Waals surface area contributed by atoms with E-state index in [1.54, 1.807) is 29.2 Å². The minimum atomic E-state index is -4.78. The summed E-state index contributed by atoms with van der Waals surface area (Å²) in [6.07, 6.45) is -4.78. The molecule has 0 bridgehead atoms. The van der Waals surface area contributed by atoms with Crippen molar-refractivity contribution in [3.63, 3.8) is 0 Å². The number of carbonyl (C=O) groups excluding carboxylic acids is 2. The molecule has 0 aliphatic carbocycles. The number of hydrogen-bond donors (Lipinski definition) is 2. The van der Waals surface area contributed by atoms with E-state index in [0.29, 0.717) is 24.5 Å². The third-order valence-electron chi connectivity index (χ3n) is 3.64. The Morgan fingerprint density at radius 1 is 1.08 bits per heavy atom. The second-order valence-electron chi connectivity index (χ2n) is 5.46. The predicted octanol–water partition coefficient (Wildman–Crippen LogP) is 3.37. The summed E-state index contributed by atoms with van der Waals surface area (Å²) >= 11 is 0. The second-order valence-corrected chi connectivity index (χ2v) is 5.46. The summed E-state index contributed by atoms with van der Waals surface area (Å²) in [5.74, 6) is -0.877. The lowest BCUT2D eigenvalue weighted by molar-refractivity contribution is -0.274. The fourth-order valence-electron chi connectivity index (χ4n) is 2.45. The fourth-order valence-corrected chi connectivity index (χ4v) is 2.45. The standard InChI is InChI=1S/C17H14F3N3O3/c18-17(19,20)26-14-7-1-11(2-8-14)15(24)22-12-3-5-13(6-4-12)23-10-9-21-16(23)25/h1-8H,9-10H2,(H,21,25)(H,22,24). The van der Waals surface area contributed by atoms with Crippen LogP contribution >= 0.6 is 0 Å². The molecule has 136 valence electrons. The van der Waals surface area contributed by atoms with Crippen LogP contribution in [0.1, 0.15) is 10.4 Å². The first kappa shape index (κ1) is 17.6. The number of alkyl halides is 3. The van der Waals surface area contributed by atoms with Crippen LogP contribution < -0.4 is 20.3 Å². The number of benzene rings is 2. The Bertz CT molecular complexity index is 805. The number of nitrogens with one attached hydrogen (secondary N) is 2. The van der Waals surface area contributed by atoms with Gasteiger partial charge in [0.05, 0.1) is 0 Å². The zero-order valence-electron chi connectivity index (χ0n) is 13.3. The highest BCUT2D eigenvalue weighted by Gasteiger charge is 2.31. The monoisotopic (exact) mass is 365 g/mol. The van der Waals surface area contributed by atoms with Crippen molar-refractivity contribution in [2.45, 2.75) is 6.36 Å². The fraction of sp³-hybridized carbons (Fsp3) is 0.176. The lowest BCUT2D eigenvalue weighted by atomic mass is 10.2. The third kappa shape index (κ3) is 4.24. The summed E-state index contributed by atoms with van der Waals surface area (Å²) < 4.78 is 40.1. The molecule has 6 nitrogen and oxygen atoms in total. The van der Waals surface area contributed by atoms with Gasteiger partial charge in [0.2, 0.25) is 0 Å². The van der Waals surface area contributed by atoms with Crippen molar-refractivity contribution in [3.8, 4) is 5.75 Å². The number of carbonyl (C=O) groups is 2. The largest absolute Gasteiger partial charge is 0.573 e. The molecule has 3 rings (SSSR count). The van der Waals surface area contributed by atoms with E-state index in [1.807, 2.05) is 0 Å². The van der Waals surface area contributed by atoms with Crippen molar-refractivity contribution in [2.75, 3.05) is 23.3 Å². The molecule has 26 heavy (non-hydrogen) atoms. The quantitative estimate of drug-likeness (QED) is 0.873. The van der Waals surface area contributed by atoms with Crippen LogP contribution in [0, 0.1) is 0 Å². The second kappa shape index (κ2) is 6.95. The molecule has 1 fully saturated rings. The normalized spacial score (nSPS) is 14.1. The number of urea groups is 1. The topological polar surface area (TPSA) is 70.7 Å². The number of halogens is 3. The third-order valence-corrected chi connectivity index (χ3v) is 3.64. The number of ether oxygens (including phenoxy) is 1. The van der Waals surface area contributed by atoms with Gasteiger partial charge in [-0.15, -0.1) is 13.2 Å². The van der Waals surface area contributed by atoms with Gasteiger partial charge in [0.15, 0.2) is 0 Å². The Balaban J connectivity index is 1.63. The van der Waals surface area contributed by atoms with Crippen molar-refractivity contribution in [1.82, 2.24) is 5.32 Å². The van der Waals surface area contributed by atoms with Gasteiger partial charge in [-0.05, 0) is 48.5 Å². The van der Waals surface area contributed by atoms with E-state index >= 15 is 0 Å². The molecule has 0 saturated carbocycles. The van der Waals surface area contributed by atoms with Crippen molar-refractivity contribution < 1.29 is 27.5 Å². The van der Waals surface area contributed by atoms with Crippen LogP contribution in [-0.2, 0) is 0 Å². The Morgan fingerprint density at radius 2 is 1.73 bits per heavy atom. The molecule has 0 radical (unpaired) electrons. The molecule has 1 saturated heterocycles. The Kier molecular flexibility index (Phi) is 4.70. The van der Waals surface area contributed by atoms with Gasteiger partial charge in [0.1, 0.15) is 5.75 Å². The molecule has 2 aromatic carbocycles. The molecule has 0 unspecified atom stereocenters. The van der Waals surface area contributed by atoms with E-state index in [4.69, 9.17) is 0 Å². The number of hydrogen-bond acceptors (Lipinski definition) is 3. The highest BCUT2D eigenvalue weighted by Crippen LogP contribution is 2.23. The highest BCUT2D eigenvalue weighted by atomic mass is 19.4.